The molecule has 2 aromatic carbocycles. The van der Waals surface area contributed by atoms with E-state index < -0.39 is 0 Å². The lowest BCUT2D eigenvalue weighted by Gasteiger charge is -2.27. The van der Waals surface area contributed by atoms with Gasteiger partial charge in [0.05, 0.1) is 24.9 Å². The number of aromatic nitrogens is 1. The summed E-state index contributed by atoms with van der Waals surface area (Å²) in [5.74, 6) is 0.0815. The van der Waals surface area contributed by atoms with E-state index in [1.807, 2.05) is 70.3 Å². The zero-order valence-electron chi connectivity index (χ0n) is 15.8. The molecule has 6 heteroatoms. The van der Waals surface area contributed by atoms with Crippen LogP contribution in [0.2, 0.25) is 0 Å². The second kappa shape index (κ2) is 8.64. The van der Waals surface area contributed by atoms with E-state index in [2.05, 4.69) is 22.0 Å². The number of nitriles is 1. The van der Waals surface area contributed by atoms with Crippen LogP contribution in [0.15, 0.2) is 59.2 Å². The molecule has 1 aromatic heterocycles. The largest absolute Gasteiger partial charge is 0.378 e. The number of ether oxygens (including phenoxy) is 1. The normalized spacial score (nSPS) is 14.8. The number of carbonyl (C=O) groups is 1. The number of allylic oxidation sites excluding steroid dienone is 1. The van der Waals surface area contributed by atoms with Gasteiger partial charge in [-0.25, -0.2) is 0 Å². The Bertz CT molecular complexity index is 1100. The predicted molar refractivity (Wildman–Crippen MR) is 117 cm³/mol. The maximum atomic E-state index is 12.7. The standard InChI is InChI=1S/C23H20BrN3O2/c24-20-7-5-17(6-8-20)18(14-25)13-19-15-27(22-4-2-1-3-21(19)22)16-23(28)26-9-11-29-12-10-26/h1-8,13,15H,9-12,16H2/b18-13-. The third-order valence-electron chi connectivity index (χ3n) is 5.06. The summed E-state index contributed by atoms with van der Waals surface area (Å²) in [6, 6.07) is 17.9. The van der Waals surface area contributed by atoms with Gasteiger partial charge in [0, 0.05) is 40.2 Å². The van der Waals surface area contributed by atoms with Crippen LogP contribution in [0.1, 0.15) is 11.1 Å². The number of amides is 1. The predicted octanol–water partition coefficient (Wildman–Crippen LogP) is 4.33. The van der Waals surface area contributed by atoms with Crippen molar-refractivity contribution in [2.75, 3.05) is 26.3 Å². The molecular formula is C23H20BrN3O2. The minimum atomic E-state index is 0.0815. The molecule has 4 rings (SSSR count). The molecular weight excluding hydrogens is 430 g/mol. The highest BCUT2D eigenvalue weighted by Crippen LogP contribution is 2.27. The number of carbonyl (C=O) groups excluding carboxylic acids is 1. The third-order valence-corrected chi connectivity index (χ3v) is 5.59. The van der Waals surface area contributed by atoms with Crippen molar-refractivity contribution in [1.82, 2.24) is 9.47 Å². The van der Waals surface area contributed by atoms with Gasteiger partial charge in [-0.05, 0) is 29.8 Å². The molecule has 0 unspecified atom stereocenters. The van der Waals surface area contributed by atoms with Gasteiger partial charge in [0.1, 0.15) is 6.54 Å². The Morgan fingerprint density at radius 2 is 1.86 bits per heavy atom. The smallest absolute Gasteiger partial charge is 0.242 e. The highest BCUT2D eigenvalue weighted by Gasteiger charge is 2.18. The van der Waals surface area contributed by atoms with Gasteiger partial charge in [-0.1, -0.05) is 46.3 Å². The summed E-state index contributed by atoms with van der Waals surface area (Å²) in [7, 11) is 0. The highest BCUT2D eigenvalue weighted by molar-refractivity contribution is 9.10. The number of rotatable bonds is 4. The van der Waals surface area contributed by atoms with E-state index >= 15 is 0 Å². The third kappa shape index (κ3) is 4.26. The van der Waals surface area contributed by atoms with Crippen molar-refractivity contribution in [2.45, 2.75) is 6.54 Å². The van der Waals surface area contributed by atoms with E-state index in [-0.39, 0.29) is 12.5 Å². The first-order valence-corrected chi connectivity index (χ1v) is 10.3. The number of benzene rings is 2. The van der Waals surface area contributed by atoms with Gasteiger partial charge in [-0.15, -0.1) is 0 Å². The molecule has 0 atom stereocenters. The number of morpholine rings is 1. The van der Waals surface area contributed by atoms with Crippen molar-refractivity contribution in [3.8, 4) is 6.07 Å². The van der Waals surface area contributed by atoms with Crippen LogP contribution >= 0.6 is 15.9 Å². The number of para-hydroxylation sites is 1. The number of halogens is 1. The van der Waals surface area contributed by atoms with Crippen molar-refractivity contribution in [3.63, 3.8) is 0 Å². The van der Waals surface area contributed by atoms with Crippen LogP contribution in [0.25, 0.3) is 22.6 Å². The first-order valence-electron chi connectivity index (χ1n) is 9.47. The fraction of sp³-hybridized carbons (Fsp3) is 0.217. The molecule has 1 fully saturated rings. The van der Waals surface area contributed by atoms with Crippen LogP contribution in [0.5, 0.6) is 0 Å². The first-order chi connectivity index (χ1) is 14.2. The van der Waals surface area contributed by atoms with Gasteiger partial charge in [0.2, 0.25) is 5.91 Å². The molecule has 29 heavy (non-hydrogen) atoms. The Kier molecular flexibility index (Phi) is 5.79. The minimum Gasteiger partial charge on any atom is -0.378 e. The number of hydrogen-bond acceptors (Lipinski definition) is 3. The molecule has 0 saturated carbocycles. The molecule has 3 aromatic rings. The van der Waals surface area contributed by atoms with E-state index in [4.69, 9.17) is 4.74 Å². The van der Waals surface area contributed by atoms with Gasteiger partial charge in [-0.3, -0.25) is 4.79 Å². The summed E-state index contributed by atoms with van der Waals surface area (Å²) >= 11 is 3.43. The molecule has 1 amide bonds. The van der Waals surface area contributed by atoms with Crippen LogP contribution in [0.4, 0.5) is 0 Å². The van der Waals surface area contributed by atoms with Gasteiger partial charge in [0.25, 0.3) is 0 Å². The van der Waals surface area contributed by atoms with Gasteiger partial charge >= 0.3 is 0 Å². The molecule has 0 spiro atoms. The Labute approximate surface area is 177 Å². The molecule has 2 heterocycles. The van der Waals surface area contributed by atoms with E-state index in [1.165, 1.54) is 0 Å². The topological polar surface area (TPSA) is 58.3 Å². The second-order valence-corrected chi connectivity index (χ2v) is 7.82. The summed E-state index contributed by atoms with van der Waals surface area (Å²) in [6.07, 6.45) is 3.85. The monoisotopic (exact) mass is 449 g/mol. The molecule has 146 valence electrons. The van der Waals surface area contributed by atoms with E-state index in [0.29, 0.717) is 31.9 Å². The summed E-state index contributed by atoms with van der Waals surface area (Å²) in [5, 5.41) is 10.7. The maximum Gasteiger partial charge on any atom is 0.242 e. The van der Waals surface area contributed by atoms with Gasteiger partial charge in [0.15, 0.2) is 0 Å². The van der Waals surface area contributed by atoms with Crippen LogP contribution in [-0.4, -0.2) is 41.7 Å². The van der Waals surface area contributed by atoms with E-state index in [1.54, 1.807) is 0 Å². The Morgan fingerprint density at radius 3 is 2.59 bits per heavy atom. The molecule has 0 aliphatic carbocycles. The van der Waals surface area contributed by atoms with Crippen LogP contribution < -0.4 is 0 Å². The van der Waals surface area contributed by atoms with Gasteiger partial charge in [-0.2, -0.15) is 5.26 Å². The Morgan fingerprint density at radius 1 is 1.14 bits per heavy atom. The molecule has 5 nitrogen and oxygen atoms in total. The van der Waals surface area contributed by atoms with E-state index in [9.17, 15) is 10.1 Å². The minimum absolute atomic E-state index is 0.0815. The SMILES string of the molecule is N#C/C(=C/c1cn(CC(=O)N2CCOCC2)c2ccccc12)c1ccc(Br)cc1. The number of nitrogens with zero attached hydrogens (tertiary/aromatic N) is 3. The molecule has 1 aliphatic rings. The first kappa shape index (κ1) is 19.4. The highest BCUT2D eigenvalue weighted by atomic mass is 79.9. The fourth-order valence-electron chi connectivity index (χ4n) is 3.54. The molecule has 0 bridgehead atoms. The number of hydrogen-bond donors (Lipinski definition) is 0. The summed E-state index contributed by atoms with van der Waals surface area (Å²) in [5.41, 5.74) is 3.35. The Balaban J connectivity index is 1.69. The van der Waals surface area contributed by atoms with Crippen molar-refractivity contribution >= 4 is 44.4 Å². The molecule has 0 N–H and O–H groups in total. The quantitative estimate of drug-likeness (QED) is 0.557. The van der Waals surface area contributed by atoms with Crippen LogP contribution in [0.3, 0.4) is 0 Å². The average molecular weight is 450 g/mol. The van der Waals surface area contributed by atoms with Crippen molar-refractivity contribution in [3.05, 3.63) is 70.3 Å². The maximum absolute atomic E-state index is 12.7. The lowest BCUT2D eigenvalue weighted by Crippen LogP contribution is -2.42. The van der Waals surface area contributed by atoms with Crippen molar-refractivity contribution in [2.24, 2.45) is 0 Å². The average Bonchev–Trinajstić information content (AvgIpc) is 3.10. The zero-order chi connectivity index (χ0) is 20.2. The van der Waals surface area contributed by atoms with Gasteiger partial charge < -0.3 is 14.2 Å². The second-order valence-electron chi connectivity index (χ2n) is 6.90. The van der Waals surface area contributed by atoms with Crippen molar-refractivity contribution in [1.29, 1.82) is 5.26 Å². The number of fused-ring (bicyclic) bond motifs is 1. The van der Waals surface area contributed by atoms with Crippen LogP contribution in [0, 0.1) is 11.3 Å². The van der Waals surface area contributed by atoms with Crippen molar-refractivity contribution < 1.29 is 9.53 Å². The Hall–Kier alpha value is -2.88. The summed E-state index contributed by atoms with van der Waals surface area (Å²) in [6.45, 7) is 2.71. The lowest BCUT2D eigenvalue weighted by atomic mass is 10.0. The fourth-order valence-corrected chi connectivity index (χ4v) is 3.81. The lowest BCUT2D eigenvalue weighted by molar-refractivity contribution is -0.135. The molecule has 1 aliphatic heterocycles. The summed E-state index contributed by atoms with van der Waals surface area (Å²) < 4.78 is 8.27. The van der Waals surface area contributed by atoms with E-state index in [0.717, 1.165) is 26.5 Å². The summed E-state index contributed by atoms with van der Waals surface area (Å²) in [4.78, 5) is 14.6. The molecule has 0 radical (unpaired) electrons. The zero-order valence-corrected chi connectivity index (χ0v) is 17.4. The molecule has 1 saturated heterocycles. The van der Waals surface area contributed by atoms with Crippen LogP contribution in [-0.2, 0) is 16.1 Å².